The predicted octanol–water partition coefficient (Wildman–Crippen LogP) is 2.37. The van der Waals surface area contributed by atoms with Crippen molar-refractivity contribution in [2.24, 2.45) is 0 Å². The van der Waals surface area contributed by atoms with E-state index in [1.165, 1.54) is 13.2 Å². The van der Waals surface area contributed by atoms with Crippen molar-refractivity contribution in [3.05, 3.63) is 35.9 Å². The number of hydrogen-bond donors (Lipinski definition) is 1. The van der Waals surface area contributed by atoms with Crippen molar-refractivity contribution in [1.82, 2.24) is 9.55 Å². The van der Waals surface area contributed by atoms with Crippen molar-refractivity contribution >= 4 is 5.95 Å². The summed E-state index contributed by atoms with van der Waals surface area (Å²) in [5.74, 6) is 0.547. The molecule has 0 aliphatic rings. The molecule has 2 rings (SSSR count). The average Bonchev–Trinajstić information content (AvgIpc) is 2.71. The van der Waals surface area contributed by atoms with Crippen molar-refractivity contribution in [3.63, 3.8) is 0 Å². The molecule has 2 aromatic rings. The van der Waals surface area contributed by atoms with Crippen LogP contribution in [0.2, 0.25) is 0 Å². The molecule has 0 fully saturated rings. The molecule has 1 N–H and O–H groups in total. The highest BCUT2D eigenvalue weighted by molar-refractivity contribution is 5.46. The fourth-order valence-electron chi connectivity index (χ4n) is 1.67. The number of benzene rings is 1. The molecule has 0 aliphatic carbocycles. The van der Waals surface area contributed by atoms with Gasteiger partial charge in [-0.15, -0.1) is 0 Å². The van der Waals surface area contributed by atoms with E-state index in [-0.39, 0.29) is 11.6 Å². The lowest BCUT2D eigenvalue weighted by Crippen LogP contribution is -2.01. The zero-order valence-electron chi connectivity index (χ0n) is 9.99. The van der Waals surface area contributed by atoms with Crippen molar-refractivity contribution in [2.75, 3.05) is 19.5 Å². The van der Waals surface area contributed by atoms with E-state index in [1.807, 2.05) is 17.7 Å². The zero-order chi connectivity index (χ0) is 12.4. The molecule has 0 amide bonds. The van der Waals surface area contributed by atoms with Crippen LogP contribution in [-0.2, 0) is 0 Å². The molecule has 90 valence electrons. The number of methoxy groups -OCH3 is 1. The van der Waals surface area contributed by atoms with Crippen LogP contribution < -0.4 is 10.1 Å². The summed E-state index contributed by atoms with van der Waals surface area (Å²) < 4.78 is 20.1. The molecule has 0 atom stereocenters. The summed E-state index contributed by atoms with van der Waals surface area (Å²) in [6, 6.07) is 4.69. The largest absolute Gasteiger partial charge is 0.494 e. The highest BCUT2D eigenvalue weighted by Gasteiger charge is 2.09. The van der Waals surface area contributed by atoms with E-state index in [0.29, 0.717) is 5.95 Å². The Morgan fingerprint density at radius 3 is 2.82 bits per heavy atom. The molecule has 4 nitrogen and oxygen atoms in total. The van der Waals surface area contributed by atoms with Gasteiger partial charge in [-0.2, -0.15) is 0 Å². The third kappa shape index (κ3) is 2.08. The molecule has 0 aliphatic heterocycles. The monoisotopic (exact) mass is 235 g/mol. The molecule has 0 bridgehead atoms. The fraction of sp³-hybridized carbons (Fsp3) is 0.250. The molecule has 0 radical (unpaired) electrons. The third-order valence-electron chi connectivity index (χ3n) is 2.46. The number of aromatic nitrogens is 2. The standard InChI is InChI=1S/C12H14FN3O/c1-8-7-16(12(14-2)15-8)9-4-5-10(13)11(6-9)17-3/h4-7H,1-3H3,(H,14,15). The Labute approximate surface area is 99.1 Å². The molecule has 0 saturated heterocycles. The van der Waals surface area contributed by atoms with Crippen LogP contribution in [0.1, 0.15) is 5.69 Å². The number of ether oxygens (including phenoxy) is 1. The zero-order valence-corrected chi connectivity index (χ0v) is 9.99. The molecular weight excluding hydrogens is 221 g/mol. The summed E-state index contributed by atoms with van der Waals surface area (Å²) >= 11 is 0. The lowest BCUT2D eigenvalue weighted by molar-refractivity contribution is 0.386. The smallest absolute Gasteiger partial charge is 0.207 e. The van der Waals surface area contributed by atoms with Gasteiger partial charge in [-0.25, -0.2) is 9.37 Å². The molecule has 17 heavy (non-hydrogen) atoms. The van der Waals surface area contributed by atoms with Gasteiger partial charge >= 0.3 is 0 Å². The highest BCUT2D eigenvalue weighted by atomic mass is 19.1. The number of rotatable bonds is 3. The Morgan fingerprint density at radius 2 is 2.18 bits per heavy atom. The summed E-state index contributed by atoms with van der Waals surface area (Å²) in [5.41, 5.74) is 1.69. The molecule has 0 unspecified atom stereocenters. The maximum absolute atomic E-state index is 13.3. The Kier molecular flexibility index (Phi) is 2.99. The predicted molar refractivity (Wildman–Crippen MR) is 64.4 cm³/mol. The lowest BCUT2D eigenvalue weighted by atomic mass is 10.3. The van der Waals surface area contributed by atoms with Gasteiger partial charge in [-0.05, 0) is 19.1 Å². The molecule has 5 heteroatoms. The number of nitrogens with one attached hydrogen (secondary N) is 1. The first-order valence-electron chi connectivity index (χ1n) is 5.23. The van der Waals surface area contributed by atoms with E-state index in [1.54, 1.807) is 19.2 Å². The topological polar surface area (TPSA) is 39.1 Å². The molecular formula is C12H14FN3O. The minimum absolute atomic E-state index is 0.218. The second-order valence-corrected chi connectivity index (χ2v) is 3.64. The van der Waals surface area contributed by atoms with Crippen LogP contribution in [0.4, 0.5) is 10.3 Å². The molecule has 1 aromatic carbocycles. The summed E-state index contributed by atoms with van der Waals surface area (Å²) in [5, 5.41) is 2.98. The summed E-state index contributed by atoms with van der Waals surface area (Å²) in [7, 11) is 3.24. The minimum atomic E-state index is -0.376. The first kappa shape index (κ1) is 11.4. The fourth-order valence-corrected chi connectivity index (χ4v) is 1.67. The first-order chi connectivity index (χ1) is 8.15. The van der Waals surface area contributed by atoms with Crippen molar-refractivity contribution in [3.8, 4) is 11.4 Å². The molecule has 1 aromatic heterocycles. The van der Waals surface area contributed by atoms with E-state index >= 15 is 0 Å². The SMILES string of the molecule is CNc1nc(C)cn1-c1ccc(F)c(OC)c1. The van der Waals surface area contributed by atoms with Gasteiger partial charge in [-0.1, -0.05) is 0 Å². The second kappa shape index (κ2) is 4.45. The Bertz CT molecular complexity index is 537. The normalized spacial score (nSPS) is 10.4. The van der Waals surface area contributed by atoms with Crippen LogP contribution in [0.15, 0.2) is 24.4 Å². The van der Waals surface area contributed by atoms with Crippen LogP contribution in [0.3, 0.4) is 0 Å². The number of hydrogen-bond acceptors (Lipinski definition) is 3. The van der Waals surface area contributed by atoms with Crippen LogP contribution in [-0.4, -0.2) is 23.7 Å². The van der Waals surface area contributed by atoms with E-state index in [2.05, 4.69) is 10.3 Å². The minimum Gasteiger partial charge on any atom is -0.494 e. The van der Waals surface area contributed by atoms with Crippen LogP contribution in [0.5, 0.6) is 5.75 Å². The summed E-state index contributed by atoms with van der Waals surface area (Å²) in [4.78, 5) is 4.30. The van der Waals surface area contributed by atoms with Gasteiger partial charge in [0.25, 0.3) is 0 Å². The van der Waals surface area contributed by atoms with E-state index in [4.69, 9.17) is 4.74 Å². The molecule has 1 heterocycles. The third-order valence-corrected chi connectivity index (χ3v) is 2.46. The van der Waals surface area contributed by atoms with Gasteiger partial charge in [0, 0.05) is 19.3 Å². The van der Waals surface area contributed by atoms with Crippen LogP contribution >= 0.6 is 0 Å². The average molecular weight is 235 g/mol. The van der Waals surface area contributed by atoms with Crippen LogP contribution in [0, 0.1) is 12.7 Å². The van der Waals surface area contributed by atoms with Gasteiger partial charge in [0.2, 0.25) is 5.95 Å². The maximum Gasteiger partial charge on any atom is 0.207 e. The number of anilines is 1. The quantitative estimate of drug-likeness (QED) is 0.887. The number of aryl methyl sites for hydroxylation is 1. The number of halogens is 1. The Hall–Kier alpha value is -2.04. The van der Waals surface area contributed by atoms with Gasteiger partial charge < -0.3 is 10.1 Å². The van der Waals surface area contributed by atoms with Gasteiger partial charge in [0.15, 0.2) is 11.6 Å². The highest BCUT2D eigenvalue weighted by Crippen LogP contribution is 2.23. The Morgan fingerprint density at radius 1 is 1.41 bits per heavy atom. The van der Waals surface area contributed by atoms with Gasteiger partial charge in [0.1, 0.15) is 0 Å². The van der Waals surface area contributed by atoms with E-state index in [0.717, 1.165) is 11.4 Å². The maximum atomic E-state index is 13.3. The molecule has 0 saturated carbocycles. The van der Waals surface area contributed by atoms with Crippen molar-refractivity contribution in [1.29, 1.82) is 0 Å². The summed E-state index contributed by atoms with van der Waals surface area (Å²) in [6.45, 7) is 1.90. The van der Waals surface area contributed by atoms with E-state index < -0.39 is 0 Å². The Balaban J connectivity index is 2.52. The van der Waals surface area contributed by atoms with Gasteiger partial charge in [0.05, 0.1) is 18.5 Å². The van der Waals surface area contributed by atoms with E-state index in [9.17, 15) is 4.39 Å². The first-order valence-corrected chi connectivity index (χ1v) is 5.23. The number of nitrogens with zero attached hydrogens (tertiary/aromatic N) is 2. The summed E-state index contributed by atoms with van der Waals surface area (Å²) in [6.07, 6.45) is 1.87. The van der Waals surface area contributed by atoms with Crippen molar-refractivity contribution < 1.29 is 9.13 Å². The van der Waals surface area contributed by atoms with Crippen LogP contribution in [0.25, 0.3) is 5.69 Å². The lowest BCUT2D eigenvalue weighted by Gasteiger charge is -2.09. The molecule has 0 spiro atoms. The van der Waals surface area contributed by atoms with Crippen molar-refractivity contribution in [2.45, 2.75) is 6.92 Å². The van der Waals surface area contributed by atoms with Gasteiger partial charge in [-0.3, -0.25) is 4.57 Å². The second-order valence-electron chi connectivity index (χ2n) is 3.64. The number of imidazole rings is 1.